The molecule has 0 bridgehead atoms. The van der Waals surface area contributed by atoms with E-state index in [-0.39, 0.29) is 42.7 Å². The number of allylic oxidation sites excluding steroid dienone is 12. The lowest BCUT2D eigenvalue weighted by Crippen LogP contribution is -2.50. The van der Waals surface area contributed by atoms with Gasteiger partial charge in [0.05, 0.1) is 17.0 Å². The predicted molar refractivity (Wildman–Crippen MR) is 217 cm³/mol. The van der Waals surface area contributed by atoms with Crippen molar-refractivity contribution >= 4 is 27.7 Å². The second-order valence-electron chi connectivity index (χ2n) is 13.1. The van der Waals surface area contributed by atoms with Gasteiger partial charge in [-0.3, -0.25) is 4.79 Å². The zero-order valence-corrected chi connectivity index (χ0v) is 32.3. The minimum atomic E-state index is -4.05. The number of hydrogen-bond acceptors (Lipinski definition) is 5. The van der Waals surface area contributed by atoms with Crippen molar-refractivity contribution in [1.82, 2.24) is 9.62 Å². The molecule has 0 heterocycles. The molecule has 4 N–H and O–H groups in total. The number of amides is 2. The van der Waals surface area contributed by atoms with E-state index >= 15 is 0 Å². The topological polar surface area (TPSA) is 136 Å². The molecule has 288 valence electrons. The molecule has 0 spiro atoms. The first-order chi connectivity index (χ1) is 25.5. The summed E-state index contributed by atoms with van der Waals surface area (Å²) >= 11 is 0. The molecule has 0 saturated heterocycles. The minimum Gasteiger partial charge on any atom is -0.465 e. The lowest BCUT2D eigenvalue weighted by atomic mass is 10.0. The lowest BCUT2D eigenvalue weighted by molar-refractivity contribution is -0.116. The summed E-state index contributed by atoms with van der Waals surface area (Å²) in [6.07, 6.45) is 29.7. The van der Waals surface area contributed by atoms with Crippen LogP contribution in [0.1, 0.15) is 77.7 Å². The number of hydrogen-bond donors (Lipinski definition) is 4. The highest BCUT2D eigenvalue weighted by Crippen LogP contribution is 2.21. The number of sulfonamides is 1. The molecule has 0 fully saturated rings. The van der Waals surface area contributed by atoms with E-state index in [0.29, 0.717) is 12.1 Å². The molecule has 2 rings (SSSR count). The molecule has 0 saturated carbocycles. The molecule has 2 atom stereocenters. The van der Waals surface area contributed by atoms with Crippen LogP contribution in [0.2, 0.25) is 0 Å². The van der Waals surface area contributed by atoms with E-state index in [1.54, 1.807) is 0 Å². The zero-order chi connectivity index (χ0) is 38.7. The molecule has 0 aliphatic heterocycles. The van der Waals surface area contributed by atoms with Crippen molar-refractivity contribution in [3.05, 3.63) is 133 Å². The van der Waals surface area contributed by atoms with Gasteiger partial charge in [-0.2, -0.15) is 4.31 Å². The van der Waals surface area contributed by atoms with Crippen molar-refractivity contribution in [3.63, 3.8) is 0 Å². The Morgan fingerprint density at radius 1 is 0.736 bits per heavy atom. The van der Waals surface area contributed by atoms with Gasteiger partial charge in [0, 0.05) is 25.2 Å². The second-order valence-corrected chi connectivity index (χ2v) is 15.0. The number of nitrogens with zero attached hydrogens (tertiary/aromatic N) is 1. The Bertz CT molecular complexity index is 1630. The first-order valence-electron chi connectivity index (χ1n) is 18.5. The molecule has 2 amide bonds. The molecule has 0 aliphatic rings. The summed E-state index contributed by atoms with van der Waals surface area (Å²) < 4.78 is 28.6. The third kappa shape index (κ3) is 19.8. The van der Waals surface area contributed by atoms with E-state index in [4.69, 9.17) is 0 Å². The summed E-state index contributed by atoms with van der Waals surface area (Å²) in [5, 5.41) is 25.6. The van der Waals surface area contributed by atoms with Gasteiger partial charge in [0.2, 0.25) is 15.9 Å². The fraction of sp³-hybridized carbons (Fsp3) is 0.395. The SMILES string of the molecule is CC/C=C\C/C=C\C/C=C\C/C=C\C/C=C\C/C=C\CCC(=O)Nc1ccc(S(=O)(=O)N(CC(C)C)C[C@@H](O)[C@H](Cc2ccccc2)NC(=O)O)cc1. The Morgan fingerprint density at radius 3 is 1.74 bits per heavy atom. The predicted octanol–water partition coefficient (Wildman–Crippen LogP) is 8.99. The average Bonchev–Trinajstić information content (AvgIpc) is 3.12. The monoisotopic (exact) mass is 745 g/mol. The first kappa shape index (κ1) is 44.7. The maximum absolute atomic E-state index is 13.7. The number of anilines is 1. The Balaban J connectivity index is 1.80. The van der Waals surface area contributed by atoms with Crippen molar-refractivity contribution in [3.8, 4) is 0 Å². The van der Waals surface area contributed by atoms with E-state index in [1.807, 2.05) is 56.3 Å². The van der Waals surface area contributed by atoms with Gasteiger partial charge in [0.25, 0.3) is 0 Å². The average molecular weight is 746 g/mol. The Hall–Kier alpha value is -4.51. The number of carboxylic acid groups (broad SMARTS) is 1. The fourth-order valence-electron chi connectivity index (χ4n) is 5.26. The van der Waals surface area contributed by atoms with Gasteiger partial charge in [-0.15, -0.1) is 0 Å². The van der Waals surface area contributed by atoms with Gasteiger partial charge in [-0.25, -0.2) is 13.2 Å². The number of carbonyl (C=O) groups is 2. The van der Waals surface area contributed by atoms with Gasteiger partial charge in [0.15, 0.2) is 0 Å². The van der Waals surface area contributed by atoms with Gasteiger partial charge in [-0.05, 0) is 87.1 Å². The van der Waals surface area contributed by atoms with Crippen LogP contribution < -0.4 is 10.6 Å². The Labute approximate surface area is 317 Å². The van der Waals surface area contributed by atoms with Crippen LogP contribution >= 0.6 is 0 Å². The highest BCUT2D eigenvalue weighted by molar-refractivity contribution is 7.89. The highest BCUT2D eigenvalue weighted by Gasteiger charge is 2.31. The third-order valence-corrected chi connectivity index (χ3v) is 9.79. The summed E-state index contributed by atoms with van der Waals surface area (Å²) in [5.74, 6) is -0.239. The molecular weight excluding hydrogens is 687 g/mol. The number of aliphatic hydroxyl groups is 1. The third-order valence-electron chi connectivity index (χ3n) is 7.94. The van der Waals surface area contributed by atoms with Gasteiger partial charge >= 0.3 is 6.09 Å². The van der Waals surface area contributed by atoms with Crippen LogP contribution in [0.15, 0.2) is 132 Å². The Kier molecular flexibility index (Phi) is 22.1. The van der Waals surface area contributed by atoms with E-state index < -0.39 is 28.3 Å². The van der Waals surface area contributed by atoms with Crippen LogP contribution in [-0.2, 0) is 21.2 Å². The van der Waals surface area contributed by atoms with Gasteiger partial charge in [-0.1, -0.05) is 124 Å². The number of nitrogens with one attached hydrogen (secondary N) is 2. The van der Waals surface area contributed by atoms with Crippen LogP contribution in [0, 0.1) is 5.92 Å². The maximum atomic E-state index is 13.7. The first-order valence-corrected chi connectivity index (χ1v) is 20.0. The smallest absolute Gasteiger partial charge is 0.404 e. The molecule has 0 aromatic heterocycles. The van der Waals surface area contributed by atoms with Crippen LogP contribution in [0.3, 0.4) is 0 Å². The van der Waals surface area contributed by atoms with Crippen molar-refractivity contribution in [2.45, 2.75) is 95.6 Å². The quantitative estimate of drug-likeness (QED) is 0.0750. The highest BCUT2D eigenvalue weighted by atomic mass is 32.2. The summed E-state index contributed by atoms with van der Waals surface area (Å²) in [6, 6.07) is 14.1. The molecule has 9 nitrogen and oxygen atoms in total. The lowest BCUT2D eigenvalue weighted by Gasteiger charge is -2.30. The summed E-state index contributed by atoms with van der Waals surface area (Å²) in [6.45, 7) is 5.69. The van der Waals surface area contributed by atoms with Gasteiger partial charge < -0.3 is 20.8 Å². The van der Waals surface area contributed by atoms with E-state index in [2.05, 4.69) is 78.3 Å². The number of aliphatic hydroxyl groups excluding tert-OH is 1. The van der Waals surface area contributed by atoms with Crippen molar-refractivity contribution in [2.75, 3.05) is 18.4 Å². The van der Waals surface area contributed by atoms with Crippen molar-refractivity contribution < 1.29 is 28.2 Å². The van der Waals surface area contributed by atoms with Crippen LogP contribution in [0.5, 0.6) is 0 Å². The Morgan fingerprint density at radius 2 is 1.25 bits per heavy atom. The van der Waals surface area contributed by atoms with Gasteiger partial charge in [0.1, 0.15) is 0 Å². The van der Waals surface area contributed by atoms with Crippen molar-refractivity contribution in [2.24, 2.45) is 5.92 Å². The summed E-state index contributed by atoms with van der Waals surface area (Å²) in [5.41, 5.74) is 1.28. The van der Waals surface area contributed by atoms with Crippen molar-refractivity contribution in [1.29, 1.82) is 0 Å². The zero-order valence-electron chi connectivity index (χ0n) is 31.5. The van der Waals surface area contributed by atoms with E-state index in [1.165, 1.54) is 28.6 Å². The number of rotatable bonds is 25. The molecule has 0 aliphatic carbocycles. The largest absolute Gasteiger partial charge is 0.465 e. The molecule has 0 unspecified atom stereocenters. The van der Waals surface area contributed by atoms with E-state index in [9.17, 15) is 28.2 Å². The molecule has 0 radical (unpaired) electrons. The minimum absolute atomic E-state index is 0.00660. The molecule has 2 aromatic carbocycles. The van der Waals surface area contributed by atoms with E-state index in [0.717, 1.165) is 44.1 Å². The normalized spacial score (nSPS) is 13.8. The molecule has 53 heavy (non-hydrogen) atoms. The van der Waals surface area contributed by atoms with Crippen LogP contribution in [-0.4, -0.2) is 60.2 Å². The fourth-order valence-corrected chi connectivity index (χ4v) is 6.88. The van der Waals surface area contributed by atoms with Crippen LogP contribution in [0.25, 0.3) is 0 Å². The standard InChI is InChI=1S/C43H59N3O6S/c1-4-5-6-7-8-9-10-11-12-13-14-15-16-17-18-19-20-21-25-28-42(48)44-38-29-31-39(32-30-38)53(51,52)46(34-36(2)3)35-41(47)40(45-43(49)50)33-37-26-23-22-24-27-37/h5-6,8-9,11-12,14-15,17-18,20-24,26-27,29-32,36,40-41,45,47H,4,7,10,13,16,19,25,28,33-35H2,1-3H3,(H,44,48)(H,49,50)/b6-5-,9-8-,12-11-,15-14-,18-17-,21-20-/t40-,41+/m0/s1. The second kappa shape index (κ2) is 26.3. The summed E-state index contributed by atoms with van der Waals surface area (Å²) in [4.78, 5) is 24.0. The molecule has 10 heteroatoms. The van der Waals surface area contributed by atoms with Crippen LogP contribution in [0.4, 0.5) is 10.5 Å². The summed E-state index contributed by atoms with van der Waals surface area (Å²) in [7, 11) is -4.05. The number of benzene rings is 2. The maximum Gasteiger partial charge on any atom is 0.404 e. The number of carbonyl (C=O) groups excluding carboxylic acids is 1. The molecular formula is C43H59N3O6S. The molecule has 2 aromatic rings.